The molecule has 4 rings (SSSR count). The van der Waals surface area contributed by atoms with Crippen LogP contribution >= 0.6 is 0 Å². The van der Waals surface area contributed by atoms with Crippen LogP contribution in [0.15, 0.2) is 18.2 Å². The highest BCUT2D eigenvalue weighted by Crippen LogP contribution is 2.31. The van der Waals surface area contributed by atoms with Gasteiger partial charge >= 0.3 is 6.09 Å². The summed E-state index contributed by atoms with van der Waals surface area (Å²) in [5.41, 5.74) is 0.896. The Kier molecular flexibility index (Phi) is 11.7. The standard InChI is InChI=1S/C30H43N5O9/c1-30(2,3)44-29(40)31-8-14-41-16-18-43-19-17-42-15-13-33-9-11-34(12-10-33)21-4-5-22-23(20-21)28(39)35(27(22)38)24-6-7-25(36)32-26(24)37/h4-5,20,24H,6-19H2,1-3H3,(H,31,40)(H,32,36,37). The number of piperazine rings is 1. The Hall–Kier alpha value is -3.59. The van der Waals surface area contributed by atoms with Gasteiger partial charge in [-0.3, -0.25) is 34.3 Å². The third-order valence-electron chi connectivity index (χ3n) is 7.37. The van der Waals surface area contributed by atoms with E-state index >= 15 is 0 Å². The zero-order valence-electron chi connectivity index (χ0n) is 25.7. The van der Waals surface area contributed by atoms with Crippen molar-refractivity contribution in [2.45, 2.75) is 45.3 Å². The van der Waals surface area contributed by atoms with E-state index in [1.165, 1.54) is 0 Å². The fraction of sp³-hybridized carbons (Fsp3) is 0.633. The molecule has 44 heavy (non-hydrogen) atoms. The number of hydrogen-bond acceptors (Lipinski definition) is 11. The van der Waals surface area contributed by atoms with Crippen molar-refractivity contribution < 1.29 is 42.9 Å². The van der Waals surface area contributed by atoms with Crippen LogP contribution in [0.25, 0.3) is 0 Å². The number of rotatable bonds is 14. The average Bonchev–Trinajstić information content (AvgIpc) is 3.22. The Morgan fingerprint density at radius 1 is 0.886 bits per heavy atom. The minimum Gasteiger partial charge on any atom is -0.444 e. The van der Waals surface area contributed by atoms with Crippen LogP contribution in [0.3, 0.4) is 0 Å². The van der Waals surface area contributed by atoms with E-state index in [0.717, 1.165) is 43.3 Å². The number of alkyl carbamates (subject to hydrolysis) is 1. The van der Waals surface area contributed by atoms with Crippen LogP contribution in [0.4, 0.5) is 10.5 Å². The number of benzene rings is 1. The number of nitrogens with one attached hydrogen (secondary N) is 2. The molecule has 242 valence electrons. The lowest BCUT2D eigenvalue weighted by atomic mass is 10.0. The summed E-state index contributed by atoms with van der Waals surface area (Å²) in [6.45, 7) is 12.5. The highest BCUT2D eigenvalue weighted by molar-refractivity contribution is 6.23. The van der Waals surface area contributed by atoms with Gasteiger partial charge in [0.1, 0.15) is 11.6 Å². The van der Waals surface area contributed by atoms with Crippen LogP contribution in [0.1, 0.15) is 54.3 Å². The number of nitrogens with zero attached hydrogens (tertiary/aromatic N) is 3. The van der Waals surface area contributed by atoms with Crippen LogP contribution in [-0.2, 0) is 28.5 Å². The van der Waals surface area contributed by atoms with Crippen molar-refractivity contribution >= 4 is 35.4 Å². The first kappa shape index (κ1) is 33.3. The second-order valence-electron chi connectivity index (χ2n) is 11.8. The number of hydrogen-bond donors (Lipinski definition) is 2. The lowest BCUT2D eigenvalue weighted by Crippen LogP contribution is -2.54. The average molecular weight is 618 g/mol. The molecule has 0 radical (unpaired) electrons. The van der Waals surface area contributed by atoms with Crippen molar-refractivity contribution in [3.63, 3.8) is 0 Å². The normalized spacial score (nSPS) is 19.3. The molecular formula is C30H43N5O9. The molecule has 2 saturated heterocycles. The zero-order chi connectivity index (χ0) is 31.7. The maximum absolute atomic E-state index is 13.1. The quantitative estimate of drug-likeness (QED) is 0.225. The van der Waals surface area contributed by atoms with Crippen LogP contribution in [-0.4, -0.2) is 130 Å². The Labute approximate surface area is 257 Å². The first-order chi connectivity index (χ1) is 21.0. The number of fused-ring (bicyclic) bond motifs is 1. The van der Waals surface area contributed by atoms with Gasteiger partial charge in [0.05, 0.1) is 50.8 Å². The first-order valence-electron chi connectivity index (χ1n) is 15.1. The molecule has 1 unspecified atom stereocenters. The number of carbonyl (C=O) groups is 5. The van der Waals surface area contributed by atoms with Gasteiger partial charge in [-0.05, 0) is 45.4 Å². The van der Waals surface area contributed by atoms with E-state index in [2.05, 4.69) is 20.4 Å². The Bertz CT molecular complexity index is 1210. The highest BCUT2D eigenvalue weighted by atomic mass is 16.6. The van der Waals surface area contributed by atoms with E-state index in [0.29, 0.717) is 46.2 Å². The van der Waals surface area contributed by atoms with E-state index in [1.54, 1.807) is 12.1 Å². The van der Waals surface area contributed by atoms with E-state index in [1.807, 2.05) is 26.8 Å². The number of imide groups is 2. The molecule has 1 aromatic rings. The summed E-state index contributed by atoms with van der Waals surface area (Å²) in [5.74, 6) is -2.01. The minimum absolute atomic E-state index is 0.0901. The van der Waals surface area contributed by atoms with Gasteiger partial charge in [0.15, 0.2) is 0 Å². The lowest BCUT2D eigenvalue weighted by molar-refractivity contribution is -0.136. The summed E-state index contributed by atoms with van der Waals surface area (Å²) in [5, 5.41) is 4.85. The highest BCUT2D eigenvalue weighted by Gasteiger charge is 2.44. The van der Waals surface area contributed by atoms with Gasteiger partial charge in [-0.2, -0.15) is 0 Å². The molecule has 3 heterocycles. The number of ether oxygens (including phenoxy) is 4. The van der Waals surface area contributed by atoms with E-state index in [9.17, 15) is 24.0 Å². The molecule has 1 atom stereocenters. The van der Waals surface area contributed by atoms with Gasteiger partial charge in [0, 0.05) is 51.4 Å². The molecule has 1 aromatic carbocycles. The third-order valence-corrected chi connectivity index (χ3v) is 7.37. The molecule has 3 aliphatic rings. The van der Waals surface area contributed by atoms with E-state index < -0.39 is 41.4 Å². The van der Waals surface area contributed by atoms with Crippen molar-refractivity contribution in [2.75, 3.05) is 83.8 Å². The first-order valence-corrected chi connectivity index (χ1v) is 15.1. The lowest BCUT2D eigenvalue weighted by Gasteiger charge is -2.36. The summed E-state index contributed by atoms with van der Waals surface area (Å²) < 4.78 is 21.8. The van der Waals surface area contributed by atoms with Crippen LogP contribution in [0.2, 0.25) is 0 Å². The molecule has 0 saturated carbocycles. The topological polar surface area (TPSA) is 156 Å². The molecule has 14 nitrogen and oxygen atoms in total. The predicted molar refractivity (Wildman–Crippen MR) is 158 cm³/mol. The minimum atomic E-state index is -0.971. The molecule has 0 aromatic heterocycles. The number of amides is 5. The van der Waals surface area contributed by atoms with Crippen molar-refractivity contribution in [1.82, 2.24) is 20.4 Å². The number of carbonyl (C=O) groups excluding carboxylic acids is 5. The molecule has 0 bridgehead atoms. The fourth-order valence-corrected chi connectivity index (χ4v) is 5.16. The molecule has 5 amide bonds. The second kappa shape index (κ2) is 15.4. The molecule has 2 N–H and O–H groups in total. The van der Waals surface area contributed by atoms with Crippen molar-refractivity contribution in [1.29, 1.82) is 0 Å². The second-order valence-corrected chi connectivity index (χ2v) is 11.8. The largest absolute Gasteiger partial charge is 0.444 e. The van der Waals surface area contributed by atoms with Gasteiger partial charge in [-0.1, -0.05) is 0 Å². The van der Waals surface area contributed by atoms with Gasteiger partial charge in [0.25, 0.3) is 11.8 Å². The van der Waals surface area contributed by atoms with Crippen molar-refractivity contribution in [3.8, 4) is 0 Å². The molecule has 3 aliphatic heterocycles. The summed E-state index contributed by atoms with van der Waals surface area (Å²) in [6, 6.07) is 4.24. The van der Waals surface area contributed by atoms with Crippen LogP contribution < -0.4 is 15.5 Å². The molecule has 2 fully saturated rings. The van der Waals surface area contributed by atoms with Gasteiger partial charge < -0.3 is 29.2 Å². The van der Waals surface area contributed by atoms with Gasteiger partial charge in [-0.25, -0.2) is 4.79 Å². The van der Waals surface area contributed by atoms with Gasteiger partial charge in [0.2, 0.25) is 11.8 Å². The van der Waals surface area contributed by atoms with Crippen LogP contribution in [0.5, 0.6) is 0 Å². The summed E-state index contributed by atoms with van der Waals surface area (Å²) >= 11 is 0. The Morgan fingerprint density at radius 3 is 2.18 bits per heavy atom. The Balaban J connectivity index is 1.06. The smallest absolute Gasteiger partial charge is 0.407 e. The molecule has 14 heteroatoms. The van der Waals surface area contributed by atoms with Crippen molar-refractivity contribution in [3.05, 3.63) is 29.3 Å². The van der Waals surface area contributed by atoms with Crippen molar-refractivity contribution in [2.24, 2.45) is 0 Å². The number of piperidine rings is 1. The maximum Gasteiger partial charge on any atom is 0.407 e. The number of anilines is 1. The molecule has 0 aliphatic carbocycles. The Morgan fingerprint density at radius 2 is 1.52 bits per heavy atom. The fourth-order valence-electron chi connectivity index (χ4n) is 5.16. The molecule has 0 spiro atoms. The SMILES string of the molecule is CC(C)(C)OC(=O)NCCOCCOCCOCCN1CCN(c2ccc3c(c2)C(=O)N(C2CCC(=O)NC2=O)C3=O)CC1. The summed E-state index contributed by atoms with van der Waals surface area (Å²) in [7, 11) is 0. The predicted octanol–water partition coefficient (Wildman–Crippen LogP) is 0.784. The van der Waals surface area contributed by atoms with Crippen LogP contribution in [0, 0.1) is 0 Å². The monoisotopic (exact) mass is 617 g/mol. The summed E-state index contributed by atoms with van der Waals surface area (Å²) in [4.78, 5) is 66.9. The van der Waals surface area contributed by atoms with Gasteiger partial charge in [-0.15, -0.1) is 0 Å². The molecular weight excluding hydrogens is 574 g/mol. The third kappa shape index (κ3) is 9.21. The maximum atomic E-state index is 13.1. The van der Waals surface area contributed by atoms with E-state index in [4.69, 9.17) is 18.9 Å². The van der Waals surface area contributed by atoms with E-state index in [-0.39, 0.29) is 24.0 Å². The summed E-state index contributed by atoms with van der Waals surface area (Å²) in [6.07, 6.45) is -0.241. The zero-order valence-corrected chi connectivity index (χ0v) is 25.7.